The van der Waals surface area contributed by atoms with Crippen molar-refractivity contribution >= 4 is 5.91 Å². The molecule has 1 aromatic carbocycles. The second-order valence-electron chi connectivity index (χ2n) is 7.06. The number of carbonyl (C=O) groups excluding carboxylic acids is 1. The van der Waals surface area contributed by atoms with Crippen molar-refractivity contribution in [1.29, 1.82) is 0 Å². The van der Waals surface area contributed by atoms with E-state index >= 15 is 0 Å². The highest BCUT2D eigenvalue weighted by Gasteiger charge is 2.57. The summed E-state index contributed by atoms with van der Waals surface area (Å²) in [5, 5.41) is 0. The first-order chi connectivity index (χ1) is 11.8. The molecule has 1 aliphatic carbocycles. The number of hydrogen-bond donors (Lipinski definition) is 1. The van der Waals surface area contributed by atoms with Crippen LogP contribution in [0.3, 0.4) is 0 Å². The molecule has 0 radical (unpaired) electrons. The number of rotatable bonds is 1. The molecule has 0 spiro atoms. The Bertz CT molecular complexity index is 709. The number of nitrogens with two attached hydrogens (primary N) is 1. The highest BCUT2D eigenvalue weighted by Crippen LogP contribution is 2.48. The third-order valence-electron chi connectivity index (χ3n) is 5.46. The van der Waals surface area contributed by atoms with Gasteiger partial charge in [-0.05, 0) is 37.5 Å². The summed E-state index contributed by atoms with van der Waals surface area (Å²) in [5.41, 5.74) is 4.97. The Morgan fingerprint density at radius 3 is 2.92 bits per heavy atom. The van der Waals surface area contributed by atoms with Crippen LogP contribution in [0, 0.1) is 5.41 Å². The van der Waals surface area contributed by atoms with E-state index in [1.165, 1.54) is 11.0 Å². The lowest BCUT2D eigenvalue weighted by Gasteiger charge is -2.36. The van der Waals surface area contributed by atoms with Gasteiger partial charge >= 0.3 is 6.18 Å². The SMILES string of the molecule is NC1CC2OCCC2(C(=O)N2COc3ccc(C(F)(F)F)cc3C2)C1. The molecule has 5 nitrogen and oxygen atoms in total. The van der Waals surface area contributed by atoms with E-state index in [4.69, 9.17) is 15.2 Å². The maximum absolute atomic E-state index is 13.1. The predicted molar refractivity (Wildman–Crippen MR) is 81.5 cm³/mol. The molecule has 0 bridgehead atoms. The minimum absolute atomic E-state index is 0.0287. The molecule has 1 saturated heterocycles. The molecular weight excluding hydrogens is 337 g/mol. The third kappa shape index (κ3) is 2.67. The van der Waals surface area contributed by atoms with Crippen molar-refractivity contribution in [3.8, 4) is 5.75 Å². The van der Waals surface area contributed by atoms with Crippen LogP contribution in [0.25, 0.3) is 0 Å². The number of fused-ring (bicyclic) bond motifs is 2. The zero-order chi connectivity index (χ0) is 17.8. The van der Waals surface area contributed by atoms with E-state index in [1.807, 2.05) is 0 Å². The summed E-state index contributed by atoms with van der Waals surface area (Å²) >= 11 is 0. The highest BCUT2D eigenvalue weighted by atomic mass is 19.4. The summed E-state index contributed by atoms with van der Waals surface area (Å²) in [7, 11) is 0. The molecule has 3 unspecified atom stereocenters. The maximum atomic E-state index is 13.1. The van der Waals surface area contributed by atoms with Gasteiger partial charge in [-0.2, -0.15) is 13.2 Å². The molecule has 136 valence electrons. The molecule has 25 heavy (non-hydrogen) atoms. The van der Waals surface area contributed by atoms with Gasteiger partial charge in [0.25, 0.3) is 0 Å². The average molecular weight is 356 g/mol. The van der Waals surface area contributed by atoms with E-state index in [0.29, 0.717) is 37.2 Å². The van der Waals surface area contributed by atoms with E-state index in [-0.39, 0.29) is 31.3 Å². The van der Waals surface area contributed by atoms with Gasteiger partial charge < -0.3 is 20.1 Å². The highest BCUT2D eigenvalue weighted by molar-refractivity contribution is 5.84. The molecule has 2 heterocycles. The zero-order valence-corrected chi connectivity index (χ0v) is 13.5. The zero-order valence-electron chi connectivity index (χ0n) is 13.5. The van der Waals surface area contributed by atoms with Gasteiger partial charge in [0.15, 0.2) is 6.73 Å². The number of nitrogens with zero attached hydrogens (tertiary/aromatic N) is 1. The molecule has 3 atom stereocenters. The summed E-state index contributed by atoms with van der Waals surface area (Å²) in [4.78, 5) is 14.6. The first kappa shape index (κ1) is 16.7. The lowest BCUT2D eigenvalue weighted by atomic mass is 9.81. The number of carbonyl (C=O) groups is 1. The smallest absolute Gasteiger partial charge is 0.416 e. The number of hydrogen-bond acceptors (Lipinski definition) is 4. The van der Waals surface area contributed by atoms with Crippen LogP contribution in [-0.2, 0) is 22.3 Å². The van der Waals surface area contributed by atoms with Crippen molar-refractivity contribution in [2.24, 2.45) is 11.1 Å². The molecule has 3 aliphatic rings. The van der Waals surface area contributed by atoms with Crippen molar-refractivity contribution in [3.05, 3.63) is 29.3 Å². The Labute approximate surface area is 142 Å². The number of ether oxygens (including phenoxy) is 2. The minimum atomic E-state index is -4.43. The van der Waals surface area contributed by atoms with Crippen molar-refractivity contribution in [1.82, 2.24) is 4.90 Å². The Morgan fingerprint density at radius 2 is 2.16 bits per heavy atom. The van der Waals surface area contributed by atoms with Crippen molar-refractivity contribution in [2.75, 3.05) is 13.3 Å². The van der Waals surface area contributed by atoms with Gasteiger partial charge in [-0.1, -0.05) is 0 Å². The molecule has 1 amide bonds. The fraction of sp³-hybridized carbons (Fsp3) is 0.588. The summed E-state index contributed by atoms with van der Waals surface area (Å²) in [6.07, 6.45) is -2.87. The Balaban J connectivity index is 1.59. The molecule has 1 saturated carbocycles. The topological polar surface area (TPSA) is 64.8 Å². The van der Waals surface area contributed by atoms with Crippen LogP contribution >= 0.6 is 0 Å². The minimum Gasteiger partial charge on any atom is -0.473 e. The predicted octanol–water partition coefficient (Wildman–Crippen LogP) is 2.28. The van der Waals surface area contributed by atoms with Gasteiger partial charge in [0.2, 0.25) is 5.91 Å². The molecule has 4 rings (SSSR count). The van der Waals surface area contributed by atoms with E-state index in [0.717, 1.165) is 12.1 Å². The Hall–Kier alpha value is -1.80. The van der Waals surface area contributed by atoms with Crippen LogP contribution in [0.1, 0.15) is 30.4 Å². The lowest BCUT2D eigenvalue weighted by molar-refractivity contribution is -0.149. The molecule has 2 aliphatic heterocycles. The van der Waals surface area contributed by atoms with Gasteiger partial charge in [-0.25, -0.2) is 0 Å². The second-order valence-corrected chi connectivity index (χ2v) is 7.06. The quantitative estimate of drug-likeness (QED) is 0.839. The fourth-order valence-corrected chi connectivity index (χ4v) is 4.25. The Kier molecular flexibility index (Phi) is 3.73. The van der Waals surface area contributed by atoms with E-state index in [9.17, 15) is 18.0 Å². The average Bonchev–Trinajstić information content (AvgIpc) is 3.09. The monoisotopic (exact) mass is 356 g/mol. The normalized spacial score (nSPS) is 31.4. The summed E-state index contributed by atoms with van der Waals surface area (Å²) < 4.78 is 50.0. The van der Waals surface area contributed by atoms with Crippen molar-refractivity contribution in [2.45, 2.75) is 44.1 Å². The van der Waals surface area contributed by atoms with Gasteiger partial charge in [0.05, 0.1) is 23.6 Å². The first-order valence-corrected chi connectivity index (χ1v) is 8.29. The number of halogens is 3. The van der Waals surface area contributed by atoms with Crippen LogP contribution in [-0.4, -0.2) is 36.3 Å². The maximum Gasteiger partial charge on any atom is 0.416 e. The molecule has 1 aromatic rings. The van der Waals surface area contributed by atoms with Gasteiger partial charge in [-0.3, -0.25) is 4.79 Å². The standard InChI is InChI=1S/C17H19F3N2O3/c18-17(19,20)11-1-2-13-10(5-11)8-22(9-25-13)15(23)16-3-4-24-14(16)6-12(21)7-16/h1-2,5,12,14H,3-4,6-9,21H2. The summed E-state index contributed by atoms with van der Waals surface area (Å²) in [5.74, 6) is 0.253. The summed E-state index contributed by atoms with van der Waals surface area (Å²) in [6.45, 7) is 0.634. The lowest BCUT2D eigenvalue weighted by Crippen LogP contribution is -2.48. The van der Waals surface area contributed by atoms with Crippen molar-refractivity contribution in [3.63, 3.8) is 0 Å². The largest absolute Gasteiger partial charge is 0.473 e. The molecule has 2 N–H and O–H groups in total. The number of amides is 1. The van der Waals surface area contributed by atoms with Crippen LogP contribution in [0.5, 0.6) is 5.75 Å². The van der Waals surface area contributed by atoms with Crippen LogP contribution in [0.4, 0.5) is 13.2 Å². The van der Waals surface area contributed by atoms with Crippen molar-refractivity contribution < 1.29 is 27.4 Å². The van der Waals surface area contributed by atoms with Crippen LogP contribution in [0.2, 0.25) is 0 Å². The molecular formula is C17H19F3N2O3. The summed E-state index contributed by atoms with van der Waals surface area (Å²) in [6, 6.07) is 3.26. The van der Waals surface area contributed by atoms with E-state index < -0.39 is 17.2 Å². The van der Waals surface area contributed by atoms with Gasteiger partial charge in [0.1, 0.15) is 5.75 Å². The van der Waals surface area contributed by atoms with Crippen LogP contribution < -0.4 is 10.5 Å². The fourth-order valence-electron chi connectivity index (χ4n) is 4.25. The Morgan fingerprint density at radius 1 is 1.36 bits per heavy atom. The van der Waals surface area contributed by atoms with Gasteiger partial charge in [-0.15, -0.1) is 0 Å². The van der Waals surface area contributed by atoms with Gasteiger partial charge in [0, 0.05) is 18.2 Å². The molecule has 0 aromatic heterocycles. The first-order valence-electron chi connectivity index (χ1n) is 8.29. The number of benzene rings is 1. The second kappa shape index (κ2) is 5.60. The van der Waals surface area contributed by atoms with Crippen LogP contribution in [0.15, 0.2) is 18.2 Å². The van der Waals surface area contributed by atoms with E-state index in [1.54, 1.807) is 0 Å². The van der Waals surface area contributed by atoms with E-state index in [2.05, 4.69) is 0 Å². The number of alkyl halides is 3. The third-order valence-corrected chi connectivity index (χ3v) is 5.46. The molecule has 8 heteroatoms. The molecule has 2 fully saturated rings.